The molecule has 10 nitrogen and oxygen atoms in total. The van der Waals surface area contributed by atoms with Crippen molar-refractivity contribution in [3.05, 3.63) is 76.5 Å². The number of nitrogens with zero attached hydrogens (tertiary/aromatic N) is 5. The van der Waals surface area contributed by atoms with E-state index in [1.807, 2.05) is 19.1 Å². The van der Waals surface area contributed by atoms with Gasteiger partial charge in [0.2, 0.25) is 0 Å². The van der Waals surface area contributed by atoms with Gasteiger partial charge in [0.1, 0.15) is 16.9 Å². The van der Waals surface area contributed by atoms with Gasteiger partial charge < -0.3 is 19.9 Å². The van der Waals surface area contributed by atoms with Gasteiger partial charge >= 0.3 is 6.09 Å². The third kappa shape index (κ3) is 4.51. The van der Waals surface area contributed by atoms with Crippen molar-refractivity contribution in [2.45, 2.75) is 44.3 Å². The van der Waals surface area contributed by atoms with Gasteiger partial charge in [-0.1, -0.05) is 35.9 Å². The number of ether oxygens (including phenoxy) is 1. The Bertz CT molecular complexity index is 2100. The van der Waals surface area contributed by atoms with Crippen LogP contribution in [0.3, 0.4) is 0 Å². The minimum absolute atomic E-state index is 0.0974. The maximum Gasteiger partial charge on any atom is 0.410 e. The number of hydrogen-bond acceptors (Lipinski definition) is 7. The van der Waals surface area contributed by atoms with E-state index in [-0.39, 0.29) is 47.0 Å². The van der Waals surface area contributed by atoms with Crippen molar-refractivity contribution in [2.24, 2.45) is 5.92 Å². The highest BCUT2D eigenvalue weighted by molar-refractivity contribution is 6.34. The average Bonchev–Trinajstić information content (AvgIpc) is 3.90. The number of likely N-dealkylation sites (tertiary alicyclic amines) is 1. The molecule has 5 aromatic rings. The average molecular weight is 654 g/mol. The van der Waals surface area contributed by atoms with Gasteiger partial charge in [0.15, 0.2) is 5.82 Å². The molecule has 4 aliphatic rings. The fraction of sp³-hybridized carbons (Fsp3) is 0.343. The Hall–Kier alpha value is -4.61. The van der Waals surface area contributed by atoms with Crippen LogP contribution in [0, 0.1) is 18.7 Å². The van der Waals surface area contributed by atoms with E-state index in [1.165, 1.54) is 7.11 Å². The van der Waals surface area contributed by atoms with Gasteiger partial charge in [0.05, 0.1) is 41.1 Å². The van der Waals surface area contributed by atoms with Crippen molar-refractivity contribution < 1.29 is 18.7 Å². The first-order valence-corrected chi connectivity index (χ1v) is 16.2. The highest BCUT2D eigenvalue weighted by Crippen LogP contribution is 2.50. The van der Waals surface area contributed by atoms with E-state index in [0.717, 1.165) is 48.0 Å². The lowest BCUT2D eigenvalue weighted by atomic mass is 9.79. The van der Waals surface area contributed by atoms with Crippen LogP contribution in [-0.2, 0) is 4.74 Å². The van der Waals surface area contributed by atoms with Crippen LogP contribution in [0.4, 0.5) is 9.18 Å². The maximum atomic E-state index is 16.9. The van der Waals surface area contributed by atoms with Crippen LogP contribution in [0.1, 0.15) is 53.1 Å². The molecule has 12 heteroatoms. The molecular weight excluding hydrogens is 621 g/mol. The van der Waals surface area contributed by atoms with Gasteiger partial charge in [-0.15, -0.1) is 0 Å². The molecular formula is C35H33ClFN7O3. The van der Waals surface area contributed by atoms with E-state index in [4.69, 9.17) is 21.3 Å². The Morgan fingerprint density at radius 1 is 1.13 bits per heavy atom. The summed E-state index contributed by atoms with van der Waals surface area (Å²) >= 11 is 6.66. The first kappa shape index (κ1) is 29.8. The number of aryl methyl sites for hydroxylation is 1. The Kier molecular flexibility index (Phi) is 7.14. The van der Waals surface area contributed by atoms with Crippen LogP contribution in [0.2, 0.25) is 5.02 Å². The van der Waals surface area contributed by atoms with Crippen LogP contribution >= 0.6 is 11.6 Å². The monoisotopic (exact) mass is 653 g/mol. The van der Waals surface area contributed by atoms with E-state index >= 15 is 4.39 Å². The molecule has 3 aliphatic heterocycles. The molecule has 4 aromatic heterocycles. The number of carbonyl (C=O) groups is 2. The molecule has 2 bridgehead atoms. The summed E-state index contributed by atoms with van der Waals surface area (Å²) in [5.41, 5.74) is 4.32. The van der Waals surface area contributed by atoms with Crippen LogP contribution < -0.4 is 10.6 Å². The summed E-state index contributed by atoms with van der Waals surface area (Å²) in [5.74, 6) is -0.556. The fourth-order valence-corrected chi connectivity index (χ4v) is 8.01. The lowest BCUT2D eigenvalue weighted by molar-refractivity contribution is 0.0958. The third-order valence-corrected chi connectivity index (χ3v) is 10.6. The number of amides is 2. The molecule has 0 spiro atoms. The van der Waals surface area contributed by atoms with E-state index in [0.29, 0.717) is 39.8 Å². The molecule has 240 valence electrons. The quantitative estimate of drug-likeness (QED) is 0.232. The van der Waals surface area contributed by atoms with Crippen LogP contribution in [0.25, 0.3) is 44.5 Å². The summed E-state index contributed by atoms with van der Waals surface area (Å²) in [4.78, 5) is 41.7. The second-order valence-corrected chi connectivity index (χ2v) is 13.0. The number of nitrogens with one attached hydrogen (secondary N) is 2. The number of fused-ring (bicyclic) bond motifs is 4. The predicted octanol–water partition coefficient (Wildman–Crippen LogP) is 6.21. The van der Waals surface area contributed by atoms with E-state index in [9.17, 15) is 9.59 Å². The first-order valence-electron chi connectivity index (χ1n) is 15.9. The number of methoxy groups -OCH3 is 1. The summed E-state index contributed by atoms with van der Waals surface area (Å²) in [5, 5.41) is 7.98. The molecule has 4 atom stereocenters. The molecule has 1 aliphatic carbocycles. The third-order valence-electron chi connectivity index (χ3n) is 10.1. The van der Waals surface area contributed by atoms with Crippen molar-refractivity contribution in [1.82, 2.24) is 35.1 Å². The molecule has 4 fully saturated rings. The molecule has 3 saturated heterocycles. The second-order valence-electron chi connectivity index (χ2n) is 12.6. The van der Waals surface area contributed by atoms with Gasteiger partial charge in [-0.3, -0.25) is 14.7 Å². The summed E-state index contributed by atoms with van der Waals surface area (Å²) in [6.07, 6.45) is 3.93. The lowest BCUT2D eigenvalue weighted by Gasteiger charge is -2.39. The van der Waals surface area contributed by atoms with Gasteiger partial charge in [-0.05, 0) is 55.9 Å². The van der Waals surface area contributed by atoms with Crippen LogP contribution in [0.15, 0.2) is 48.7 Å². The van der Waals surface area contributed by atoms with Crippen LogP contribution in [0.5, 0.6) is 0 Å². The Morgan fingerprint density at radius 2 is 1.96 bits per heavy atom. The summed E-state index contributed by atoms with van der Waals surface area (Å²) in [6, 6.07) is 12.8. The first-order chi connectivity index (χ1) is 22.8. The van der Waals surface area contributed by atoms with Gasteiger partial charge in [0, 0.05) is 54.4 Å². The molecule has 47 heavy (non-hydrogen) atoms. The second kappa shape index (κ2) is 11.3. The SMILES string of the molecule is CNC(=O)c1cccc(-c2nc3c(F)c(-c4cccc(C)c4Cl)ncc3c3c2cc([C@H]2CCCN2C(=O)OC)n3[C@H]2[C@H]3CN[C@@H]2C3)n1. The Labute approximate surface area is 275 Å². The highest BCUT2D eigenvalue weighted by atomic mass is 35.5. The maximum absolute atomic E-state index is 16.9. The topological polar surface area (TPSA) is 114 Å². The number of aromatic nitrogens is 4. The molecule has 2 amide bonds. The van der Waals surface area contributed by atoms with Gasteiger partial charge in [-0.25, -0.2) is 19.2 Å². The molecule has 1 aromatic carbocycles. The minimum Gasteiger partial charge on any atom is -0.453 e. The van der Waals surface area contributed by atoms with Crippen molar-refractivity contribution in [3.63, 3.8) is 0 Å². The molecule has 9 rings (SSSR count). The van der Waals surface area contributed by atoms with Crippen molar-refractivity contribution in [3.8, 4) is 22.6 Å². The number of halogens is 2. The number of hydrogen-bond donors (Lipinski definition) is 2. The number of carbonyl (C=O) groups excluding carboxylic acids is 2. The zero-order valence-corrected chi connectivity index (χ0v) is 26.9. The smallest absolute Gasteiger partial charge is 0.410 e. The van der Waals surface area contributed by atoms with Crippen LogP contribution in [-0.4, -0.2) is 69.7 Å². The zero-order valence-electron chi connectivity index (χ0n) is 26.2. The van der Waals surface area contributed by atoms with Crippen molar-refractivity contribution >= 4 is 45.4 Å². The summed E-state index contributed by atoms with van der Waals surface area (Å²) in [6.45, 7) is 3.33. The molecule has 0 unspecified atom stereocenters. The summed E-state index contributed by atoms with van der Waals surface area (Å²) < 4.78 is 24.4. The van der Waals surface area contributed by atoms with Gasteiger partial charge in [0.25, 0.3) is 5.91 Å². The predicted molar refractivity (Wildman–Crippen MR) is 177 cm³/mol. The van der Waals surface area contributed by atoms with E-state index < -0.39 is 5.82 Å². The number of rotatable bonds is 5. The Morgan fingerprint density at radius 3 is 2.70 bits per heavy atom. The summed E-state index contributed by atoms with van der Waals surface area (Å²) in [7, 11) is 2.95. The van der Waals surface area contributed by atoms with Gasteiger partial charge in [-0.2, -0.15) is 0 Å². The van der Waals surface area contributed by atoms with Crippen molar-refractivity contribution in [2.75, 3.05) is 27.2 Å². The molecule has 7 heterocycles. The standard InChI is InChI=1S/C35H33ClFN7O3/c1-17-7-4-8-19(27(17)36)30-28(37)31-21(16-40-30)33-20(29(42-31)22-9-5-10-23(41-22)34(45)38-2)14-26(25-11-6-12-43(25)35(46)47-3)44(33)32-18-13-24(32)39-15-18/h4-5,7-10,14,16,18,24-25,32,39H,6,11-13,15H2,1-3H3,(H,38,45)/t18-,24-,25-,32+/m1/s1. The molecule has 1 saturated carbocycles. The number of benzene rings is 1. The lowest BCUT2D eigenvalue weighted by Crippen LogP contribution is -2.41. The Balaban J connectivity index is 1.47. The molecule has 0 radical (unpaired) electrons. The van der Waals surface area contributed by atoms with E-state index in [1.54, 1.807) is 42.4 Å². The normalized spacial score (nSPS) is 21.8. The zero-order chi connectivity index (χ0) is 32.6. The van der Waals surface area contributed by atoms with E-state index in [2.05, 4.69) is 31.2 Å². The minimum atomic E-state index is -0.596. The highest BCUT2D eigenvalue weighted by Gasteiger charge is 2.50. The number of pyridine rings is 3. The molecule has 2 N–H and O–H groups in total. The fourth-order valence-electron chi connectivity index (χ4n) is 7.79. The largest absolute Gasteiger partial charge is 0.453 e. The van der Waals surface area contributed by atoms with Crippen molar-refractivity contribution in [1.29, 1.82) is 0 Å².